The number of benzene rings is 1. The zero-order valence-electron chi connectivity index (χ0n) is 8.56. The number of aliphatic hydroxyl groups is 3. The van der Waals surface area contributed by atoms with Crippen LogP contribution >= 0.6 is 0 Å². The van der Waals surface area contributed by atoms with Crippen molar-refractivity contribution in [2.24, 2.45) is 5.11 Å². The first kappa shape index (κ1) is 12.5. The lowest BCUT2D eigenvalue weighted by molar-refractivity contribution is 0.0232. The third kappa shape index (κ3) is 2.95. The number of azide groups is 1. The lowest BCUT2D eigenvalue weighted by atomic mass is 9.99. The van der Waals surface area contributed by atoms with Crippen molar-refractivity contribution in [3.63, 3.8) is 0 Å². The van der Waals surface area contributed by atoms with Crippen LogP contribution in [0.5, 0.6) is 0 Å². The fourth-order valence-electron chi connectivity index (χ4n) is 1.39. The summed E-state index contributed by atoms with van der Waals surface area (Å²) in [6.07, 6.45) is -2.35. The van der Waals surface area contributed by atoms with Gasteiger partial charge in [-0.05, 0) is 16.7 Å². The van der Waals surface area contributed by atoms with Crippen molar-refractivity contribution in [2.75, 3.05) is 6.54 Å². The second-order valence-electron chi connectivity index (χ2n) is 3.28. The number of nitrogens with zero attached hydrogens (tertiary/aromatic N) is 3. The van der Waals surface area contributed by atoms with Gasteiger partial charge in [0.25, 0.3) is 0 Å². The van der Waals surface area contributed by atoms with Crippen molar-refractivity contribution < 1.29 is 15.3 Å². The number of hydrogen-bond acceptors (Lipinski definition) is 4. The Morgan fingerprint density at radius 1 is 1.31 bits per heavy atom. The fourth-order valence-corrected chi connectivity index (χ4v) is 1.39. The van der Waals surface area contributed by atoms with E-state index in [0.29, 0.717) is 11.1 Å². The molecule has 0 aliphatic carbocycles. The van der Waals surface area contributed by atoms with Gasteiger partial charge in [0.2, 0.25) is 0 Å². The van der Waals surface area contributed by atoms with E-state index in [2.05, 4.69) is 10.0 Å². The molecule has 0 amide bonds. The molecular formula is C10H13N3O3. The maximum Gasteiger partial charge on any atom is 0.105 e. The molecule has 0 saturated heterocycles. The van der Waals surface area contributed by atoms with Crippen LogP contribution < -0.4 is 0 Å². The molecule has 86 valence electrons. The van der Waals surface area contributed by atoms with Crippen LogP contribution in [-0.2, 0) is 6.61 Å². The molecule has 0 fully saturated rings. The fraction of sp³-hybridized carbons (Fsp3) is 0.400. The molecule has 0 aliphatic rings. The summed E-state index contributed by atoms with van der Waals surface area (Å²) in [6.45, 7) is -0.432. The summed E-state index contributed by atoms with van der Waals surface area (Å²) in [5.41, 5.74) is 9.07. The van der Waals surface area contributed by atoms with Gasteiger partial charge in [-0.2, -0.15) is 0 Å². The highest BCUT2D eigenvalue weighted by atomic mass is 16.3. The predicted molar refractivity (Wildman–Crippen MR) is 57.3 cm³/mol. The molecule has 1 aromatic rings. The van der Waals surface area contributed by atoms with E-state index in [1.54, 1.807) is 24.3 Å². The van der Waals surface area contributed by atoms with E-state index in [0.717, 1.165) is 0 Å². The Labute approximate surface area is 92.4 Å². The molecule has 0 bridgehead atoms. The Morgan fingerprint density at radius 3 is 2.62 bits per heavy atom. The van der Waals surface area contributed by atoms with E-state index in [-0.39, 0.29) is 13.2 Å². The van der Waals surface area contributed by atoms with Gasteiger partial charge in [0.05, 0.1) is 19.3 Å². The molecule has 2 unspecified atom stereocenters. The first-order valence-corrected chi connectivity index (χ1v) is 4.76. The zero-order valence-corrected chi connectivity index (χ0v) is 8.56. The summed E-state index contributed by atoms with van der Waals surface area (Å²) in [5.74, 6) is 0. The summed E-state index contributed by atoms with van der Waals surface area (Å²) >= 11 is 0. The first-order valence-electron chi connectivity index (χ1n) is 4.76. The minimum Gasteiger partial charge on any atom is -0.392 e. The second kappa shape index (κ2) is 6.09. The van der Waals surface area contributed by atoms with Crippen LogP contribution in [-0.4, -0.2) is 28.0 Å². The molecule has 1 rings (SSSR count). The van der Waals surface area contributed by atoms with Gasteiger partial charge in [-0.15, -0.1) is 0 Å². The van der Waals surface area contributed by atoms with E-state index in [1.807, 2.05) is 0 Å². The lowest BCUT2D eigenvalue weighted by Crippen LogP contribution is -2.22. The monoisotopic (exact) mass is 223 g/mol. The van der Waals surface area contributed by atoms with Crippen LogP contribution in [0, 0.1) is 0 Å². The highest BCUT2D eigenvalue weighted by Gasteiger charge is 2.19. The molecule has 6 heteroatoms. The molecule has 0 spiro atoms. The van der Waals surface area contributed by atoms with Gasteiger partial charge in [-0.1, -0.05) is 29.4 Å². The third-order valence-corrected chi connectivity index (χ3v) is 2.24. The van der Waals surface area contributed by atoms with Crippen molar-refractivity contribution >= 4 is 0 Å². The van der Waals surface area contributed by atoms with E-state index >= 15 is 0 Å². The van der Waals surface area contributed by atoms with Crippen LogP contribution in [0.4, 0.5) is 0 Å². The van der Waals surface area contributed by atoms with Crippen molar-refractivity contribution in [1.82, 2.24) is 0 Å². The van der Waals surface area contributed by atoms with Gasteiger partial charge in [0, 0.05) is 4.91 Å². The van der Waals surface area contributed by atoms with Crippen LogP contribution in [0.15, 0.2) is 29.4 Å². The zero-order chi connectivity index (χ0) is 12.0. The van der Waals surface area contributed by atoms with Crippen LogP contribution in [0.2, 0.25) is 0 Å². The summed E-state index contributed by atoms with van der Waals surface area (Å²) in [4.78, 5) is 2.50. The molecule has 2 atom stereocenters. The van der Waals surface area contributed by atoms with Crippen LogP contribution in [0.3, 0.4) is 0 Å². The summed E-state index contributed by atoms with van der Waals surface area (Å²) in [6, 6.07) is 6.67. The molecular weight excluding hydrogens is 210 g/mol. The molecule has 0 saturated carbocycles. The highest BCUT2D eigenvalue weighted by Crippen LogP contribution is 2.21. The van der Waals surface area contributed by atoms with E-state index in [9.17, 15) is 10.2 Å². The van der Waals surface area contributed by atoms with Crippen LogP contribution in [0.1, 0.15) is 17.2 Å². The maximum atomic E-state index is 9.78. The average molecular weight is 223 g/mol. The largest absolute Gasteiger partial charge is 0.392 e. The van der Waals surface area contributed by atoms with Gasteiger partial charge in [0.15, 0.2) is 0 Å². The van der Waals surface area contributed by atoms with Gasteiger partial charge >= 0.3 is 0 Å². The first-order chi connectivity index (χ1) is 7.70. The van der Waals surface area contributed by atoms with Gasteiger partial charge in [-0.25, -0.2) is 0 Å². The summed E-state index contributed by atoms with van der Waals surface area (Å²) in [5, 5.41) is 31.5. The summed E-state index contributed by atoms with van der Waals surface area (Å²) in [7, 11) is 0. The van der Waals surface area contributed by atoms with Crippen molar-refractivity contribution in [1.29, 1.82) is 0 Å². The van der Waals surface area contributed by atoms with Crippen molar-refractivity contribution in [2.45, 2.75) is 18.8 Å². The van der Waals surface area contributed by atoms with Gasteiger partial charge < -0.3 is 15.3 Å². The van der Waals surface area contributed by atoms with Crippen LogP contribution in [0.25, 0.3) is 10.4 Å². The Hall–Kier alpha value is -1.59. The maximum absolute atomic E-state index is 9.78. The lowest BCUT2D eigenvalue weighted by Gasteiger charge is -2.18. The third-order valence-electron chi connectivity index (χ3n) is 2.24. The molecule has 0 aromatic heterocycles. The Balaban J connectivity index is 2.86. The molecule has 0 heterocycles. The smallest absolute Gasteiger partial charge is 0.105 e. The Kier molecular flexibility index (Phi) is 4.75. The molecule has 0 aliphatic heterocycles. The van der Waals surface area contributed by atoms with Crippen molar-refractivity contribution in [3.05, 3.63) is 45.8 Å². The predicted octanol–water partition coefficient (Wildman–Crippen LogP) is 0.883. The Morgan fingerprint density at radius 2 is 2.00 bits per heavy atom. The number of rotatable bonds is 5. The number of hydrogen-bond donors (Lipinski definition) is 3. The molecule has 3 N–H and O–H groups in total. The summed E-state index contributed by atoms with van der Waals surface area (Å²) < 4.78 is 0. The quantitative estimate of drug-likeness (QED) is 0.391. The molecule has 1 aromatic carbocycles. The molecule has 6 nitrogen and oxygen atoms in total. The standard InChI is InChI=1S/C10H13N3O3/c11-13-12-5-9(15)10(16)8-4-2-1-3-7(8)6-14/h1-4,9-10,14-16H,5-6H2. The van der Waals surface area contributed by atoms with Gasteiger partial charge in [-0.3, -0.25) is 0 Å². The minimum atomic E-state index is -1.18. The van der Waals surface area contributed by atoms with Gasteiger partial charge in [0.1, 0.15) is 6.10 Å². The molecule has 16 heavy (non-hydrogen) atoms. The number of aliphatic hydroxyl groups excluding tert-OH is 3. The topological polar surface area (TPSA) is 109 Å². The van der Waals surface area contributed by atoms with Crippen molar-refractivity contribution in [3.8, 4) is 0 Å². The normalized spacial score (nSPS) is 13.9. The second-order valence-corrected chi connectivity index (χ2v) is 3.28. The highest BCUT2D eigenvalue weighted by molar-refractivity contribution is 5.29. The van der Waals surface area contributed by atoms with E-state index in [1.165, 1.54) is 0 Å². The molecule has 0 radical (unpaired) electrons. The van der Waals surface area contributed by atoms with E-state index in [4.69, 9.17) is 10.6 Å². The minimum absolute atomic E-state index is 0.211. The SMILES string of the molecule is [N-]=[N+]=NCC(O)C(O)c1ccccc1CO. The Bertz CT molecular complexity index is 391. The average Bonchev–Trinajstić information content (AvgIpc) is 2.34. The van der Waals surface area contributed by atoms with E-state index < -0.39 is 12.2 Å².